The molecule has 0 spiro atoms. The third kappa shape index (κ3) is 4.08. The van der Waals surface area contributed by atoms with Crippen molar-refractivity contribution in [2.24, 2.45) is 0 Å². The van der Waals surface area contributed by atoms with Crippen LogP contribution in [0.4, 0.5) is 15.2 Å². The Morgan fingerprint density at radius 3 is 2.64 bits per heavy atom. The molecular weight excluding hydrogens is 355 g/mol. The molecule has 128 valence electrons. The molecule has 0 atom stereocenters. The Labute approximate surface area is 154 Å². The number of rotatable bonds is 5. The van der Waals surface area contributed by atoms with Gasteiger partial charge in [-0.2, -0.15) is 0 Å². The first-order valence-corrected chi connectivity index (χ1v) is 9.61. The quantitative estimate of drug-likeness (QED) is 0.549. The number of carbonyl (C=O) groups excluding carboxylic acids is 1. The van der Waals surface area contributed by atoms with Crippen LogP contribution in [-0.4, -0.2) is 10.9 Å². The molecule has 0 aliphatic heterocycles. The van der Waals surface area contributed by atoms with E-state index < -0.39 is 5.82 Å². The molecule has 1 aromatic heterocycles. The summed E-state index contributed by atoms with van der Waals surface area (Å²) in [5.41, 5.74) is 2.32. The molecule has 1 heterocycles. The number of amides is 1. The van der Waals surface area contributed by atoms with Gasteiger partial charge in [-0.1, -0.05) is 30.3 Å². The van der Waals surface area contributed by atoms with E-state index >= 15 is 0 Å². The molecule has 0 saturated carbocycles. The van der Waals surface area contributed by atoms with Crippen molar-refractivity contribution in [3.63, 3.8) is 0 Å². The summed E-state index contributed by atoms with van der Waals surface area (Å²) in [7, 11) is 0. The lowest BCUT2D eigenvalue weighted by atomic mass is 10.2. The molecule has 0 unspecified atom stereocenters. The van der Waals surface area contributed by atoms with Gasteiger partial charge in [-0.15, -0.1) is 23.1 Å². The van der Waals surface area contributed by atoms with Crippen molar-refractivity contribution in [3.05, 3.63) is 71.0 Å². The van der Waals surface area contributed by atoms with Gasteiger partial charge in [-0.25, -0.2) is 9.37 Å². The summed E-state index contributed by atoms with van der Waals surface area (Å²) in [6, 6.07) is 14.4. The number of thioether (sulfide) groups is 1. The van der Waals surface area contributed by atoms with Crippen LogP contribution in [0, 0.1) is 12.7 Å². The number of benzene rings is 2. The topological polar surface area (TPSA) is 33.2 Å². The first-order chi connectivity index (χ1) is 12.1. The number of para-hydroxylation sites is 1. The fourth-order valence-electron chi connectivity index (χ4n) is 2.38. The molecule has 25 heavy (non-hydrogen) atoms. The number of hydrogen-bond acceptors (Lipinski definition) is 4. The molecule has 3 rings (SSSR count). The molecular formula is C19H17FN2OS2. The van der Waals surface area contributed by atoms with E-state index in [0.29, 0.717) is 10.9 Å². The van der Waals surface area contributed by atoms with Gasteiger partial charge in [0, 0.05) is 23.0 Å². The minimum Gasteiger partial charge on any atom is -0.274 e. The predicted molar refractivity (Wildman–Crippen MR) is 102 cm³/mol. The van der Waals surface area contributed by atoms with Crippen LogP contribution in [-0.2, 0) is 10.5 Å². The number of thiazole rings is 1. The van der Waals surface area contributed by atoms with Crippen LogP contribution in [0.5, 0.6) is 0 Å². The number of aromatic nitrogens is 1. The number of hydrogen-bond donors (Lipinski definition) is 0. The second-order valence-electron chi connectivity index (χ2n) is 5.48. The van der Waals surface area contributed by atoms with Crippen LogP contribution in [0.15, 0.2) is 58.8 Å². The van der Waals surface area contributed by atoms with E-state index in [0.717, 1.165) is 5.69 Å². The van der Waals surface area contributed by atoms with Crippen molar-refractivity contribution in [1.82, 2.24) is 4.98 Å². The Bertz CT molecular complexity index is 894. The number of aryl methyl sites for hydroxylation is 1. The van der Waals surface area contributed by atoms with Gasteiger partial charge < -0.3 is 0 Å². The molecule has 0 bridgehead atoms. The van der Waals surface area contributed by atoms with Gasteiger partial charge in [0.2, 0.25) is 5.91 Å². The van der Waals surface area contributed by atoms with Crippen LogP contribution in [0.3, 0.4) is 0 Å². The largest absolute Gasteiger partial charge is 0.274 e. The number of halogens is 1. The Morgan fingerprint density at radius 2 is 1.92 bits per heavy atom. The summed E-state index contributed by atoms with van der Waals surface area (Å²) in [5.74, 6) is -0.00836. The number of nitrogens with zero attached hydrogens (tertiary/aromatic N) is 2. The highest BCUT2D eigenvalue weighted by molar-refractivity contribution is 7.98. The Hall–Kier alpha value is -2.18. The number of carbonyl (C=O) groups is 1. The summed E-state index contributed by atoms with van der Waals surface area (Å²) < 4.78 is 14.1. The summed E-state index contributed by atoms with van der Waals surface area (Å²) in [5, 5.41) is 2.40. The lowest BCUT2D eigenvalue weighted by Gasteiger charge is -2.18. The monoisotopic (exact) mass is 372 g/mol. The highest BCUT2D eigenvalue weighted by atomic mass is 32.2. The average molecular weight is 372 g/mol. The molecule has 1 amide bonds. The van der Waals surface area contributed by atoms with Crippen LogP contribution in [0.2, 0.25) is 0 Å². The van der Waals surface area contributed by atoms with E-state index in [1.807, 2.05) is 17.5 Å². The third-order valence-electron chi connectivity index (χ3n) is 3.61. The van der Waals surface area contributed by atoms with Crippen molar-refractivity contribution in [2.45, 2.75) is 24.5 Å². The molecule has 0 fully saturated rings. The normalized spacial score (nSPS) is 10.7. The fraction of sp³-hybridized carbons (Fsp3) is 0.158. The Kier molecular flexibility index (Phi) is 5.50. The van der Waals surface area contributed by atoms with Crippen molar-refractivity contribution in [1.29, 1.82) is 0 Å². The fourth-order valence-corrected chi connectivity index (χ4v) is 4.28. The SMILES string of the molecule is CC(=O)N(c1nc(CSc2ccccc2C)cs1)c1ccccc1F. The summed E-state index contributed by atoms with van der Waals surface area (Å²) >= 11 is 3.04. The maximum absolute atomic E-state index is 14.1. The third-order valence-corrected chi connectivity index (χ3v) is 5.69. The lowest BCUT2D eigenvalue weighted by Crippen LogP contribution is -2.23. The van der Waals surface area contributed by atoms with Crippen LogP contribution < -0.4 is 4.90 Å². The van der Waals surface area contributed by atoms with Crippen LogP contribution in [0.1, 0.15) is 18.2 Å². The summed E-state index contributed by atoms with van der Waals surface area (Å²) in [6.07, 6.45) is 0. The maximum atomic E-state index is 14.1. The van der Waals surface area contributed by atoms with Crippen molar-refractivity contribution in [2.75, 3.05) is 4.90 Å². The first kappa shape index (κ1) is 17.6. The highest BCUT2D eigenvalue weighted by Crippen LogP contribution is 2.33. The van der Waals surface area contributed by atoms with Gasteiger partial charge in [-0.3, -0.25) is 9.69 Å². The molecule has 0 N–H and O–H groups in total. The highest BCUT2D eigenvalue weighted by Gasteiger charge is 2.20. The van der Waals surface area contributed by atoms with E-state index in [1.165, 1.54) is 39.7 Å². The van der Waals surface area contributed by atoms with Crippen molar-refractivity contribution < 1.29 is 9.18 Å². The predicted octanol–water partition coefficient (Wildman–Crippen LogP) is 5.57. The minimum atomic E-state index is -0.441. The van der Waals surface area contributed by atoms with Gasteiger partial charge in [0.25, 0.3) is 0 Å². The molecule has 3 aromatic rings. The van der Waals surface area contributed by atoms with E-state index in [2.05, 4.69) is 24.0 Å². The van der Waals surface area contributed by atoms with E-state index in [4.69, 9.17) is 0 Å². The lowest BCUT2D eigenvalue weighted by molar-refractivity contribution is -0.115. The first-order valence-electron chi connectivity index (χ1n) is 7.74. The number of anilines is 2. The van der Waals surface area contributed by atoms with Crippen LogP contribution in [0.25, 0.3) is 0 Å². The standard InChI is InChI=1S/C19H17FN2OS2/c1-13-7-3-6-10-18(13)24-11-15-12-25-19(21-15)22(14(2)23)17-9-5-4-8-16(17)20/h3-10,12H,11H2,1-2H3. The van der Waals surface area contributed by atoms with E-state index in [-0.39, 0.29) is 11.6 Å². The zero-order valence-electron chi connectivity index (χ0n) is 13.9. The van der Waals surface area contributed by atoms with Gasteiger partial charge in [0.15, 0.2) is 5.13 Å². The second kappa shape index (κ2) is 7.80. The Balaban J connectivity index is 1.80. The molecule has 0 aliphatic rings. The molecule has 0 saturated heterocycles. The van der Waals surface area contributed by atoms with E-state index in [9.17, 15) is 9.18 Å². The molecule has 0 radical (unpaired) electrons. The second-order valence-corrected chi connectivity index (χ2v) is 7.34. The average Bonchev–Trinajstić information content (AvgIpc) is 3.04. The van der Waals surface area contributed by atoms with Crippen LogP contribution >= 0.6 is 23.1 Å². The maximum Gasteiger partial charge on any atom is 0.230 e. The minimum absolute atomic E-state index is 0.224. The van der Waals surface area contributed by atoms with Gasteiger partial charge in [0.05, 0.1) is 11.4 Å². The van der Waals surface area contributed by atoms with Crippen molar-refractivity contribution >= 4 is 39.8 Å². The van der Waals surface area contributed by atoms with Crippen molar-refractivity contribution in [3.8, 4) is 0 Å². The van der Waals surface area contributed by atoms with Gasteiger partial charge >= 0.3 is 0 Å². The molecule has 0 aliphatic carbocycles. The molecule has 3 nitrogen and oxygen atoms in total. The molecule has 2 aromatic carbocycles. The van der Waals surface area contributed by atoms with Gasteiger partial charge in [0.1, 0.15) is 5.82 Å². The zero-order valence-corrected chi connectivity index (χ0v) is 15.5. The van der Waals surface area contributed by atoms with Gasteiger partial charge in [-0.05, 0) is 30.7 Å². The smallest absolute Gasteiger partial charge is 0.230 e. The Morgan fingerprint density at radius 1 is 1.20 bits per heavy atom. The molecule has 6 heteroatoms. The zero-order chi connectivity index (χ0) is 17.8. The summed E-state index contributed by atoms with van der Waals surface area (Å²) in [6.45, 7) is 3.49. The summed E-state index contributed by atoms with van der Waals surface area (Å²) in [4.78, 5) is 19.1. The van der Waals surface area contributed by atoms with E-state index in [1.54, 1.807) is 30.0 Å².